The lowest BCUT2D eigenvalue weighted by Gasteiger charge is -2.35. The van der Waals surface area contributed by atoms with Gasteiger partial charge >= 0.3 is 0 Å². The highest BCUT2D eigenvalue weighted by Gasteiger charge is 2.31. The Bertz CT molecular complexity index is 714. The van der Waals surface area contributed by atoms with E-state index in [1.807, 2.05) is 17.4 Å². The van der Waals surface area contributed by atoms with Crippen LogP contribution in [0.15, 0.2) is 43.0 Å². The molecule has 0 aliphatic carbocycles. The zero-order chi connectivity index (χ0) is 19.2. The van der Waals surface area contributed by atoms with Crippen LogP contribution < -0.4 is 0 Å². The summed E-state index contributed by atoms with van der Waals surface area (Å²) in [5.74, 6) is 0.309. The van der Waals surface area contributed by atoms with Crippen LogP contribution in [0.4, 0.5) is 4.39 Å². The van der Waals surface area contributed by atoms with Crippen LogP contribution in [0.1, 0.15) is 32.3 Å². The highest BCUT2D eigenvalue weighted by molar-refractivity contribution is 5.77. The molecule has 1 aliphatic heterocycles. The molecule has 1 aliphatic rings. The summed E-state index contributed by atoms with van der Waals surface area (Å²) in [6, 6.07) is 6.63. The molecule has 0 spiro atoms. The van der Waals surface area contributed by atoms with Gasteiger partial charge in [0.15, 0.2) is 0 Å². The number of rotatable bonds is 7. The summed E-state index contributed by atoms with van der Waals surface area (Å²) in [7, 11) is 0. The van der Waals surface area contributed by atoms with Gasteiger partial charge in [0.05, 0.1) is 6.33 Å². The summed E-state index contributed by atoms with van der Waals surface area (Å²) < 4.78 is 15.3. The minimum Gasteiger partial charge on any atom is -0.337 e. The molecule has 27 heavy (non-hydrogen) atoms. The van der Waals surface area contributed by atoms with Gasteiger partial charge in [0.25, 0.3) is 0 Å². The predicted octanol–water partition coefficient (Wildman–Crippen LogP) is 3.17. The van der Waals surface area contributed by atoms with Crippen LogP contribution in [0.2, 0.25) is 0 Å². The Morgan fingerprint density at radius 2 is 2.00 bits per heavy atom. The first-order valence-electron chi connectivity index (χ1n) is 9.75. The Hall–Kier alpha value is -2.21. The molecule has 3 rings (SSSR count). The van der Waals surface area contributed by atoms with Gasteiger partial charge in [-0.05, 0) is 36.6 Å². The summed E-state index contributed by atoms with van der Waals surface area (Å²) >= 11 is 0. The summed E-state index contributed by atoms with van der Waals surface area (Å²) in [5, 5.41) is 0. The van der Waals surface area contributed by atoms with Gasteiger partial charge in [-0.1, -0.05) is 26.0 Å². The summed E-state index contributed by atoms with van der Waals surface area (Å²) in [4.78, 5) is 21.3. The van der Waals surface area contributed by atoms with Gasteiger partial charge in [0, 0.05) is 51.0 Å². The van der Waals surface area contributed by atoms with Gasteiger partial charge in [-0.15, -0.1) is 0 Å². The summed E-state index contributed by atoms with van der Waals surface area (Å²) in [6.07, 6.45) is 7.19. The lowest BCUT2D eigenvalue weighted by atomic mass is 10.0. The number of aromatic nitrogens is 2. The van der Waals surface area contributed by atoms with Crippen molar-refractivity contribution in [3.05, 3.63) is 54.4 Å². The molecule has 1 aromatic heterocycles. The highest BCUT2D eigenvalue weighted by atomic mass is 19.1. The van der Waals surface area contributed by atoms with Crippen molar-refractivity contribution in [3.8, 4) is 0 Å². The predicted molar refractivity (Wildman–Crippen MR) is 103 cm³/mol. The molecule has 1 fully saturated rings. The summed E-state index contributed by atoms with van der Waals surface area (Å²) in [5.41, 5.74) is 0.976. The molecule has 0 bridgehead atoms. The Morgan fingerprint density at radius 3 is 2.67 bits per heavy atom. The van der Waals surface area contributed by atoms with Crippen LogP contribution in [0, 0.1) is 11.7 Å². The van der Waals surface area contributed by atoms with E-state index < -0.39 is 0 Å². The third-order valence-electron chi connectivity index (χ3n) is 5.29. The fraction of sp³-hybridized carbons (Fsp3) is 0.524. The van der Waals surface area contributed by atoms with E-state index in [1.54, 1.807) is 18.3 Å². The first-order valence-corrected chi connectivity index (χ1v) is 9.75. The maximum absolute atomic E-state index is 13.2. The number of hydrogen-bond donors (Lipinski definition) is 0. The topological polar surface area (TPSA) is 41.4 Å². The van der Waals surface area contributed by atoms with Crippen molar-refractivity contribution in [2.45, 2.75) is 45.8 Å². The van der Waals surface area contributed by atoms with E-state index in [4.69, 9.17) is 0 Å². The summed E-state index contributed by atoms with van der Waals surface area (Å²) in [6.45, 7) is 8.48. The fourth-order valence-corrected chi connectivity index (χ4v) is 3.70. The van der Waals surface area contributed by atoms with Crippen molar-refractivity contribution in [1.29, 1.82) is 0 Å². The maximum Gasteiger partial charge on any atom is 0.224 e. The number of hydrogen-bond acceptors (Lipinski definition) is 3. The van der Waals surface area contributed by atoms with E-state index in [-0.39, 0.29) is 17.8 Å². The molecule has 146 valence electrons. The maximum atomic E-state index is 13.2. The number of imidazole rings is 1. The molecule has 6 heteroatoms. The van der Waals surface area contributed by atoms with E-state index in [0.717, 1.165) is 38.2 Å². The number of carbonyl (C=O) groups excluding carboxylic acids is 1. The molecule has 1 amide bonds. The smallest absolute Gasteiger partial charge is 0.224 e. The van der Waals surface area contributed by atoms with E-state index >= 15 is 0 Å². The van der Waals surface area contributed by atoms with Crippen molar-refractivity contribution in [2.24, 2.45) is 5.92 Å². The van der Waals surface area contributed by atoms with E-state index in [2.05, 4.69) is 28.3 Å². The van der Waals surface area contributed by atoms with Crippen LogP contribution in [0.25, 0.3) is 0 Å². The van der Waals surface area contributed by atoms with Gasteiger partial charge in [-0.3, -0.25) is 4.79 Å². The third kappa shape index (κ3) is 5.39. The normalized spacial score (nSPS) is 18.9. The van der Waals surface area contributed by atoms with Crippen LogP contribution in [0.3, 0.4) is 0 Å². The number of benzene rings is 1. The number of amides is 1. The Kier molecular flexibility index (Phi) is 6.61. The standard InChI is InChI=1S/C21H29FN4O/c1-17(2)20-15-24(10-3-11-25-13-9-23-16-25)12-8-21(27)26(20)14-18-4-6-19(22)7-5-18/h4-7,9,13,16-17,20H,3,8,10-12,14-15H2,1-2H3. The molecule has 1 aromatic carbocycles. The van der Waals surface area contributed by atoms with E-state index in [0.29, 0.717) is 18.9 Å². The fourth-order valence-electron chi connectivity index (χ4n) is 3.70. The van der Waals surface area contributed by atoms with Gasteiger partial charge in [0.2, 0.25) is 5.91 Å². The third-order valence-corrected chi connectivity index (χ3v) is 5.29. The van der Waals surface area contributed by atoms with Crippen molar-refractivity contribution in [2.75, 3.05) is 19.6 Å². The second-order valence-electron chi connectivity index (χ2n) is 7.66. The number of halogens is 1. The van der Waals surface area contributed by atoms with Gasteiger partial charge in [-0.2, -0.15) is 0 Å². The van der Waals surface area contributed by atoms with E-state index in [1.165, 1.54) is 12.1 Å². The van der Waals surface area contributed by atoms with Crippen LogP contribution in [0.5, 0.6) is 0 Å². The molecule has 0 radical (unpaired) electrons. The van der Waals surface area contributed by atoms with Crippen LogP contribution in [-0.2, 0) is 17.9 Å². The SMILES string of the molecule is CC(C)C1CN(CCCn2ccnc2)CCC(=O)N1Cc1ccc(F)cc1. The van der Waals surface area contributed by atoms with Crippen molar-refractivity contribution < 1.29 is 9.18 Å². The molecule has 2 aromatic rings. The first-order chi connectivity index (χ1) is 13.0. The number of carbonyl (C=O) groups is 1. The monoisotopic (exact) mass is 372 g/mol. The van der Waals surface area contributed by atoms with Crippen LogP contribution in [-0.4, -0.2) is 50.9 Å². The molecule has 0 N–H and O–H groups in total. The quantitative estimate of drug-likeness (QED) is 0.750. The lowest BCUT2D eigenvalue weighted by molar-refractivity contribution is -0.134. The van der Waals surface area contributed by atoms with Crippen molar-refractivity contribution >= 4 is 5.91 Å². The average Bonchev–Trinajstić information content (AvgIpc) is 3.11. The Morgan fingerprint density at radius 1 is 1.22 bits per heavy atom. The molecular weight excluding hydrogens is 343 g/mol. The minimum atomic E-state index is -0.245. The zero-order valence-corrected chi connectivity index (χ0v) is 16.2. The Labute approximate surface area is 160 Å². The lowest BCUT2D eigenvalue weighted by Crippen LogP contribution is -2.46. The van der Waals surface area contributed by atoms with E-state index in [9.17, 15) is 9.18 Å². The molecule has 0 saturated carbocycles. The number of nitrogens with zero attached hydrogens (tertiary/aromatic N) is 4. The second-order valence-corrected chi connectivity index (χ2v) is 7.66. The largest absolute Gasteiger partial charge is 0.337 e. The minimum absolute atomic E-state index is 0.165. The zero-order valence-electron chi connectivity index (χ0n) is 16.2. The second kappa shape index (κ2) is 9.13. The first kappa shape index (κ1) is 19.5. The number of aryl methyl sites for hydroxylation is 1. The van der Waals surface area contributed by atoms with Gasteiger partial charge in [-0.25, -0.2) is 9.37 Å². The highest BCUT2D eigenvalue weighted by Crippen LogP contribution is 2.21. The molecule has 1 saturated heterocycles. The van der Waals surface area contributed by atoms with Crippen molar-refractivity contribution in [3.63, 3.8) is 0 Å². The molecular formula is C21H29FN4O. The molecule has 1 unspecified atom stereocenters. The molecule has 5 nitrogen and oxygen atoms in total. The van der Waals surface area contributed by atoms with Gasteiger partial charge < -0.3 is 14.4 Å². The van der Waals surface area contributed by atoms with Gasteiger partial charge in [0.1, 0.15) is 5.82 Å². The van der Waals surface area contributed by atoms with Crippen LogP contribution >= 0.6 is 0 Å². The molecule has 2 heterocycles. The Balaban J connectivity index is 1.63. The molecule has 1 atom stereocenters. The van der Waals surface area contributed by atoms with Crippen molar-refractivity contribution in [1.82, 2.24) is 19.4 Å². The average molecular weight is 372 g/mol.